The van der Waals surface area contributed by atoms with Gasteiger partial charge in [0, 0.05) is 12.1 Å². The summed E-state index contributed by atoms with van der Waals surface area (Å²) in [4.78, 5) is 20.1. The first-order valence-corrected chi connectivity index (χ1v) is 3.57. The molecule has 0 aromatic heterocycles. The highest BCUT2D eigenvalue weighted by Gasteiger charge is 2.04. The SMILES string of the molecule is [NH]C(=O)Cc1ccc([N+](=O)[O-])cc1. The second-order valence-corrected chi connectivity index (χ2v) is 2.52. The quantitative estimate of drug-likeness (QED) is 0.511. The number of hydrogen-bond acceptors (Lipinski definition) is 3. The lowest BCUT2D eigenvalue weighted by Gasteiger charge is -1.95. The van der Waals surface area contributed by atoms with E-state index in [0.717, 1.165) is 0 Å². The van der Waals surface area contributed by atoms with Crippen molar-refractivity contribution >= 4 is 11.6 Å². The van der Waals surface area contributed by atoms with E-state index in [1.165, 1.54) is 24.3 Å². The van der Waals surface area contributed by atoms with Crippen LogP contribution in [-0.4, -0.2) is 10.8 Å². The molecule has 1 radical (unpaired) electrons. The number of carbonyl (C=O) groups is 1. The maximum atomic E-state index is 10.4. The Kier molecular flexibility index (Phi) is 2.59. The van der Waals surface area contributed by atoms with Crippen molar-refractivity contribution in [1.82, 2.24) is 5.73 Å². The first-order valence-electron chi connectivity index (χ1n) is 3.57. The van der Waals surface area contributed by atoms with Crippen LogP contribution in [0.3, 0.4) is 0 Å². The first-order chi connectivity index (χ1) is 6.09. The normalized spacial score (nSPS) is 9.54. The van der Waals surface area contributed by atoms with E-state index < -0.39 is 10.8 Å². The Morgan fingerprint density at radius 3 is 2.31 bits per heavy atom. The number of nitrogens with zero attached hydrogens (tertiary/aromatic N) is 1. The highest BCUT2D eigenvalue weighted by molar-refractivity contribution is 5.75. The van der Waals surface area contributed by atoms with E-state index in [1.54, 1.807) is 0 Å². The van der Waals surface area contributed by atoms with Gasteiger partial charge in [0.05, 0.1) is 11.3 Å². The molecule has 0 aliphatic heterocycles. The van der Waals surface area contributed by atoms with Crippen molar-refractivity contribution < 1.29 is 9.72 Å². The predicted molar refractivity (Wildman–Crippen MR) is 44.9 cm³/mol. The average molecular weight is 179 g/mol. The summed E-state index contributed by atoms with van der Waals surface area (Å²) in [5.41, 5.74) is 7.28. The highest BCUT2D eigenvalue weighted by atomic mass is 16.6. The van der Waals surface area contributed by atoms with Gasteiger partial charge in [-0.25, -0.2) is 0 Å². The van der Waals surface area contributed by atoms with E-state index >= 15 is 0 Å². The molecule has 0 saturated carbocycles. The van der Waals surface area contributed by atoms with E-state index in [4.69, 9.17) is 5.73 Å². The molecule has 1 aromatic carbocycles. The van der Waals surface area contributed by atoms with Crippen molar-refractivity contribution in [2.75, 3.05) is 0 Å². The molecule has 1 amide bonds. The van der Waals surface area contributed by atoms with Crippen LogP contribution in [0.2, 0.25) is 0 Å². The number of hydrogen-bond donors (Lipinski definition) is 0. The standard InChI is InChI=1S/C8H7N2O3/c9-8(11)5-6-1-3-7(4-2-6)10(12)13/h1-4,9H,5H2. The minimum absolute atomic E-state index is 0.00199. The van der Waals surface area contributed by atoms with Gasteiger partial charge in [0.1, 0.15) is 0 Å². The number of amides is 1. The lowest BCUT2D eigenvalue weighted by atomic mass is 10.1. The van der Waals surface area contributed by atoms with Crippen LogP contribution in [0.1, 0.15) is 5.56 Å². The van der Waals surface area contributed by atoms with Gasteiger partial charge < -0.3 is 0 Å². The van der Waals surface area contributed by atoms with Gasteiger partial charge >= 0.3 is 0 Å². The minimum atomic E-state index is -0.700. The van der Waals surface area contributed by atoms with Gasteiger partial charge in [-0.15, -0.1) is 0 Å². The summed E-state index contributed by atoms with van der Waals surface area (Å²) >= 11 is 0. The number of carbonyl (C=O) groups excluding carboxylic acids is 1. The number of non-ortho nitro benzene ring substituents is 1. The second-order valence-electron chi connectivity index (χ2n) is 2.52. The summed E-state index contributed by atoms with van der Waals surface area (Å²) in [7, 11) is 0. The number of nitro groups is 1. The third-order valence-electron chi connectivity index (χ3n) is 1.51. The van der Waals surface area contributed by atoms with Gasteiger partial charge in [-0.1, -0.05) is 12.1 Å². The molecule has 67 valence electrons. The minimum Gasteiger partial charge on any atom is -0.273 e. The fraction of sp³-hybridized carbons (Fsp3) is 0.125. The van der Waals surface area contributed by atoms with Gasteiger partial charge in [-0.3, -0.25) is 20.6 Å². The van der Waals surface area contributed by atoms with Crippen molar-refractivity contribution in [1.29, 1.82) is 0 Å². The predicted octanol–water partition coefficient (Wildman–Crippen LogP) is 0.947. The number of benzene rings is 1. The molecule has 0 heterocycles. The van der Waals surface area contributed by atoms with Crippen molar-refractivity contribution in [2.24, 2.45) is 0 Å². The summed E-state index contributed by atoms with van der Waals surface area (Å²) in [6.45, 7) is 0. The molecule has 5 nitrogen and oxygen atoms in total. The smallest absolute Gasteiger partial charge is 0.269 e. The zero-order valence-electron chi connectivity index (χ0n) is 6.69. The summed E-state index contributed by atoms with van der Waals surface area (Å²) < 4.78 is 0. The van der Waals surface area contributed by atoms with Crippen molar-refractivity contribution in [3.8, 4) is 0 Å². The van der Waals surface area contributed by atoms with Crippen molar-refractivity contribution in [2.45, 2.75) is 6.42 Å². The molecular weight excluding hydrogens is 172 g/mol. The monoisotopic (exact) mass is 179 g/mol. The molecule has 0 aliphatic carbocycles. The maximum absolute atomic E-state index is 10.4. The van der Waals surface area contributed by atoms with Crippen molar-refractivity contribution in [3.63, 3.8) is 0 Å². The number of nitrogens with one attached hydrogen (secondary N) is 1. The highest BCUT2D eigenvalue weighted by Crippen LogP contribution is 2.11. The first kappa shape index (κ1) is 9.18. The molecule has 0 unspecified atom stereocenters. The molecule has 1 N–H and O–H groups in total. The third-order valence-corrected chi connectivity index (χ3v) is 1.51. The molecule has 0 fully saturated rings. The zero-order chi connectivity index (χ0) is 9.84. The van der Waals surface area contributed by atoms with E-state index in [2.05, 4.69) is 0 Å². The molecular formula is C8H7N2O3. The van der Waals surface area contributed by atoms with E-state index in [1.807, 2.05) is 0 Å². The Morgan fingerprint density at radius 1 is 1.38 bits per heavy atom. The van der Waals surface area contributed by atoms with Crippen LogP contribution < -0.4 is 5.73 Å². The summed E-state index contributed by atoms with van der Waals surface area (Å²) in [5, 5.41) is 10.2. The van der Waals surface area contributed by atoms with Gasteiger partial charge in [-0.2, -0.15) is 0 Å². The molecule has 0 saturated heterocycles. The second kappa shape index (κ2) is 3.66. The van der Waals surface area contributed by atoms with E-state index in [9.17, 15) is 14.9 Å². The molecule has 1 aromatic rings. The van der Waals surface area contributed by atoms with E-state index in [-0.39, 0.29) is 12.1 Å². The Bertz CT molecular complexity index is 332. The zero-order valence-corrected chi connectivity index (χ0v) is 6.69. The van der Waals surface area contributed by atoms with Crippen LogP contribution in [0, 0.1) is 10.1 Å². The van der Waals surface area contributed by atoms with Crippen LogP contribution in [-0.2, 0) is 11.2 Å². The fourth-order valence-corrected chi connectivity index (χ4v) is 0.921. The molecule has 0 spiro atoms. The Labute approximate surface area is 74.3 Å². The third kappa shape index (κ3) is 2.55. The lowest BCUT2D eigenvalue weighted by Crippen LogP contribution is -2.02. The van der Waals surface area contributed by atoms with Gasteiger partial charge in [0.15, 0.2) is 0 Å². The van der Waals surface area contributed by atoms with Crippen LogP contribution in [0.5, 0.6) is 0 Å². The average Bonchev–Trinajstić information content (AvgIpc) is 2.04. The Hall–Kier alpha value is -1.91. The Morgan fingerprint density at radius 2 is 1.92 bits per heavy atom. The summed E-state index contributed by atoms with van der Waals surface area (Å²) in [5.74, 6) is -0.700. The molecule has 5 heteroatoms. The molecule has 0 bridgehead atoms. The molecule has 0 atom stereocenters. The topological polar surface area (TPSA) is 84.0 Å². The van der Waals surface area contributed by atoms with Gasteiger partial charge in [0.25, 0.3) is 5.69 Å². The van der Waals surface area contributed by atoms with Gasteiger partial charge in [-0.05, 0) is 5.56 Å². The summed E-state index contributed by atoms with van der Waals surface area (Å²) in [6.07, 6.45) is -0.00199. The molecule has 13 heavy (non-hydrogen) atoms. The van der Waals surface area contributed by atoms with E-state index in [0.29, 0.717) is 5.56 Å². The summed E-state index contributed by atoms with van der Waals surface area (Å²) in [6, 6.07) is 5.59. The largest absolute Gasteiger partial charge is 0.273 e. The van der Waals surface area contributed by atoms with Crippen LogP contribution >= 0.6 is 0 Å². The fourth-order valence-electron chi connectivity index (χ4n) is 0.921. The van der Waals surface area contributed by atoms with Crippen molar-refractivity contribution in [3.05, 3.63) is 39.9 Å². The lowest BCUT2D eigenvalue weighted by molar-refractivity contribution is -0.384. The molecule has 1 rings (SSSR count). The number of nitro benzene ring substituents is 1. The number of rotatable bonds is 3. The Balaban J connectivity index is 2.81. The van der Waals surface area contributed by atoms with Crippen LogP contribution in [0.4, 0.5) is 5.69 Å². The van der Waals surface area contributed by atoms with Gasteiger partial charge in [0.2, 0.25) is 5.91 Å². The van der Waals surface area contributed by atoms with Crippen LogP contribution in [0.25, 0.3) is 0 Å². The maximum Gasteiger partial charge on any atom is 0.269 e. The molecule has 0 aliphatic rings. The van der Waals surface area contributed by atoms with Crippen LogP contribution in [0.15, 0.2) is 24.3 Å².